The van der Waals surface area contributed by atoms with Gasteiger partial charge < -0.3 is 5.32 Å². The number of anilines is 1. The Morgan fingerprint density at radius 1 is 1.38 bits per heavy atom. The zero-order valence-corrected chi connectivity index (χ0v) is 10.6. The molecule has 86 valence electrons. The molecule has 3 nitrogen and oxygen atoms in total. The highest BCUT2D eigenvalue weighted by Gasteiger charge is 2.11. The van der Waals surface area contributed by atoms with Crippen LogP contribution in [0.15, 0.2) is 0 Å². The van der Waals surface area contributed by atoms with Crippen molar-refractivity contribution in [3.8, 4) is 12.3 Å². The molecule has 1 heterocycles. The summed E-state index contributed by atoms with van der Waals surface area (Å²) in [7, 11) is 0. The molecule has 0 saturated heterocycles. The van der Waals surface area contributed by atoms with Crippen molar-refractivity contribution in [1.29, 1.82) is 0 Å². The zero-order chi connectivity index (χ0) is 12.1. The standard InChI is InChI=1S/C12H16ClN3/c1-5-7-10(6-2)16-12-11(13)14-8(3)9(4)15-12/h1,10H,6-7H2,2-4H3,(H,15,16). The second-order valence-corrected chi connectivity index (χ2v) is 4.05. The Labute approximate surface area is 102 Å². The summed E-state index contributed by atoms with van der Waals surface area (Å²) < 4.78 is 0. The van der Waals surface area contributed by atoms with Gasteiger partial charge in [-0.05, 0) is 20.3 Å². The molecule has 0 aliphatic carbocycles. The molecule has 1 unspecified atom stereocenters. The van der Waals surface area contributed by atoms with E-state index in [1.54, 1.807) is 0 Å². The van der Waals surface area contributed by atoms with Crippen LogP contribution in [-0.4, -0.2) is 16.0 Å². The van der Waals surface area contributed by atoms with Crippen LogP contribution in [0, 0.1) is 26.2 Å². The number of hydrogen-bond acceptors (Lipinski definition) is 3. The highest BCUT2D eigenvalue weighted by molar-refractivity contribution is 6.31. The van der Waals surface area contributed by atoms with Crippen LogP contribution in [0.2, 0.25) is 5.15 Å². The SMILES string of the molecule is C#CCC(CC)Nc1nc(C)c(C)nc1Cl. The van der Waals surface area contributed by atoms with Crippen LogP contribution >= 0.6 is 11.6 Å². The molecule has 1 N–H and O–H groups in total. The first kappa shape index (κ1) is 12.8. The molecule has 0 amide bonds. The maximum absolute atomic E-state index is 6.01. The molecular weight excluding hydrogens is 222 g/mol. The number of halogens is 1. The van der Waals surface area contributed by atoms with E-state index in [1.807, 2.05) is 13.8 Å². The van der Waals surface area contributed by atoms with Gasteiger partial charge >= 0.3 is 0 Å². The van der Waals surface area contributed by atoms with Crippen LogP contribution < -0.4 is 5.32 Å². The molecule has 1 aromatic heterocycles. The summed E-state index contributed by atoms with van der Waals surface area (Å²) in [5, 5.41) is 3.62. The van der Waals surface area contributed by atoms with E-state index in [4.69, 9.17) is 18.0 Å². The minimum absolute atomic E-state index is 0.193. The Morgan fingerprint density at radius 3 is 2.56 bits per heavy atom. The van der Waals surface area contributed by atoms with Crippen LogP contribution in [0.1, 0.15) is 31.2 Å². The third-order valence-electron chi connectivity index (χ3n) is 2.46. The van der Waals surface area contributed by atoms with Crippen molar-refractivity contribution in [2.75, 3.05) is 5.32 Å². The Kier molecular flexibility index (Phi) is 4.57. The predicted octanol–water partition coefficient (Wildman–Crippen LogP) is 2.96. The van der Waals surface area contributed by atoms with E-state index in [2.05, 4.69) is 28.1 Å². The lowest BCUT2D eigenvalue weighted by molar-refractivity contribution is 0.710. The first-order valence-electron chi connectivity index (χ1n) is 5.29. The van der Waals surface area contributed by atoms with Gasteiger partial charge in [0, 0.05) is 12.5 Å². The average Bonchev–Trinajstić information content (AvgIpc) is 2.25. The zero-order valence-electron chi connectivity index (χ0n) is 9.84. The maximum atomic E-state index is 6.01. The van der Waals surface area contributed by atoms with E-state index in [0.717, 1.165) is 17.8 Å². The summed E-state index contributed by atoms with van der Waals surface area (Å²) in [6.45, 7) is 5.86. The number of nitrogens with one attached hydrogen (secondary N) is 1. The number of hydrogen-bond donors (Lipinski definition) is 1. The summed E-state index contributed by atoms with van der Waals surface area (Å²) in [6, 6.07) is 0.193. The molecule has 4 heteroatoms. The lowest BCUT2D eigenvalue weighted by Gasteiger charge is -2.16. The molecule has 0 radical (unpaired) electrons. The van der Waals surface area contributed by atoms with Gasteiger partial charge in [0.25, 0.3) is 0 Å². The van der Waals surface area contributed by atoms with Gasteiger partial charge in [-0.15, -0.1) is 12.3 Å². The van der Waals surface area contributed by atoms with Crippen LogP contribution in [0.5, 0.6) is 0 Å². The molecule has 1 rings (SSSR count). The van der Waals surface area contributed by atoms with Gasteiger partial charge in [-0.2, -0.15) is 0 Å². The summed E-state index contributed by atoms with van der Waals surface area (Å²) in [5.41, 5.74) is 1.73. The number of rotatable bonds is 4. The molecule has 0 aromatic carbocycles. The minimum atomic E-state index is 0.193. The van der Waals surface area contributed by atoms with Crippen molar-refractivity contribution in [1.82, 2.24) is 9.97 Å². The van der Waals surface area contributed by atoms with Crippen molar-refractivity contribution in [2.24, 2.45) is 0 Å². The highest BCUT2D eigenvalue weighted by Crippen LogP contribution is 2.20. The normalized spacial score (nSPS) is 11.9. The number of terminal acetylenes is 1. The number of aryl methyl sites for hydroxylation is 2. The molecule has 0 fully saturated rings. The maximum Gasteiger partial charge on any atom is 0.171 e. The van der Waals surface area contributed by atoms with Crippen molar-refractivity contribution in [3.63, 3.8) is 0 Å². The molecule has 0 spiro atoms. The van der Waals surface area contributed by atoms with Gasteiger partial charge in [-0.1, -0.05) is 18.5 Å². The molecule has 0 bridgehead atoms. The fourth-order valence-corrected chi connectivity index (χ4v) is 1.52. The van der Waals surface area contributed by atoms with Gasteiger partial charge in [0.2, 0.25) is 0 Å². The molecular formula is C12H16ClN3. The Balaban J connectivity index is 2.88. The Hall–Kier alpha value is -1.27. The van der Waals surface area contributed by atoms with Crippen LogP contribution in [0.4, 0.5) is 5.82 Å². The minimum Gasteiger partial charge on any atom is -0.364 e. The first-order valence-corrected chi connectivity index (χ1v) is 5.67. The monoisotopic (exact) mass is 237 g/mol. The summed E-state index contributed by atoms with van der Waals surface area (Å²) in [6.07, 6.45) is 6.87. The molecule has 0 aliphatic rings. The Morgan fingerprint density at radius 2 is 2.00 bits per heavy atom. The summed E-state index contributed by atoms with van der Waals surface area (Å²) >= 11 is 6.01. The third-order valence-corrected chi connectivity index (χ3v) is 2.73. The van der Waals surface area contributed by atoms with Crippen LogP contribution in [0.3, 0.4) is 0 Å². The van der Waals surface area contributed by atoms with E-state index in [-0.39, 0.29) is 6.04 Å². The van der Waals surface area contributed by atoms with E-state index in [0.29, 0.717) is 17.4 Å². The van der Waals surface area contributed by atoms with Crippen molar-refractivity contribution >= 4 is 17.4 Å². The number of nitrogens with zero attached hydrogens (tertiary/aromatic N) is 2. The predicted molar refractivity (Wildman–Crippen MR) is 67.7 cm³/mol. The molecule has 16 heavy (non-hydrogen) atoms. The van der Waals surface area contributed by atoms with E-state index < -0.39 is 0 Å². The van der Waals surface area contributed by atoms with Gasteiger partial charge in [-0.25, -0.2) is 9.97 Å². The van der Waals surface area contributed by atoms with Crippen LogP contribution in [-0.2, 0) is 0 Å². The fourth-order valence-electron chi connectivity index (χ4n) is 1.30. The molecule has 0 saturated carbocycles. The quantitative estimate of drug-likeness (QED) is 0.819. The molecule has 0 aliphatic heterocycles. The topological polar surface area (TPSA) is 37.8 Å². The largest absolute Gasteiger partial charge is 0.364 e. The van der Waals surface area contributed by atoms with Crippen molar-refractivity contribution in [2.45, 2.75) is 39.7 Å². The van der Waals surface area contributed by atoms with E-state index >= 15 is 0 Å². The fraction of sp³-hybridized carbons (Fsp3) is 0.500. The summed E-state index contributed by atoms with van der Waals surface area (Å²) in [4.78, 5) is 8.58. The highest BCUT2D eigenvalue weighted by atomic mass is 35.5. The molecule has 1 aromatic rings. The first-order chi connectivity index (χ1) is 7.58. The average molecular weight is 238 g/mol. The van der Waals surface area contributed by atoms with Crippen LogP contribution in [0.25, 0.3) is 0 Å². The van der Waals surface area contributed by atoms with Crippen molar-refractivity contribution in [3.05, 3.63) is 16.5 Å². The van der Waals surface area contributed by atoms with Gasteiger partial charge in [0.1, 0.15) is 0 Å². The van der Waals surface area contributed by atoms with Crippen molar-refractivity contribution < 1.29 is 0 Å². The van der Waals surface area contributed by atoms with E-state index in [9.17, 15) is 0 Å². The summed E-state index contributed by atoms with van der Waals surface area (Å²) in [5.74, 6) is 3.25. The second kappa shape index (κ2) is 5.72. The lowest BCUT2D eigenvalue weighted by Crippen LogP contribution is -2.19. The molecule has 1 atom stereocenters. The smallest absolute Gasteiger partial charge is 0.171 e. The number of aromatic nitrogens is 2. The van der Waals surface area contributed by atoms with Gasteiger partial charge in [0.05, 0.1) is 11.4 Å². The lowest BCUT2D eigenvalue weighted by atomic mass is 10.1. The van der Waals surface area contributed by atoms with Gasteiger partial charge in [-0.3, -0.25) is 0 Å². The Bertz CT molecular complexity index is 409. The third kappa shape index (κ3) is 3.11. The van der Waals surface area contributed by atoms with E-state index in [1.165, 1.54) is 0 Å². The van der Waals surface area contributed by atoms with Gasteiger partial charge in [0.15, 0.2) is 11.0 Å². The second-order valence-electron chi connectivity index (χ2n) is 3.69.